The molecule has 67 heavy (non-hydrogen) atoms. The molecule has 10 aromatic carbocycles. The number of benzene rings is 10. The van der Waals surface area contributed by atoms with Gasteiger partial charge in [0.05, 0.1) is 22.3 Å². The van der Waals surface area contributed by atoms with Crippen molar-refractivity contribution < 1.29 is 0 Å². The zero-order chi connectivity index (χ0) is 43.8. The number of aromatic nitrogens is 2. The van der Waals surface area contributed by atoms with E-state index < -0.39 is 5.41 Å². The fraction of sp³-hybridized carbons (Fsp3) is 0.0156. The standard InChI is InChI=1S/C64H38N2S/c1-3-16-39(17-4-1)60-61(40-18-5-2-6-19-40)66-58-35-32-41(36-53(58)45-20-7-8-24-52(45)63(66)65-60)42-30-33-48-49-34-31-43(44-25-15-26-51-50-23-11-14-29-59(50)67-62(44)51)38-57(49)64(56(48)37-42)54-27-12-9-21-46(54)47-22-10-13-28-55(47)64/h1-38H. The van der Waals surface area contributed by atoms with Crippen LogP contribution in [0.2, 0.25) is 0 Å². The van der Waals surface area contributed by atoms with Crippen LogP contribution in [-0.4, -0.2) is 9.38 Å². The number of hydrogen-bond donors (Lipinski definition) is 0. The molecule has 3 aromatic heterocycles. The monoisotopic (exact) mass is 866 g/mol. The van der Waals surface area contributed by atoms with Gasteiger partial charge >= 0.3 is 0 Å². The highest BCUT2D eigenvalue weighted by Gasteiger charge is 2.51. The summed E-state index contributed by atoms with van der Waals surface area (Å²) in [4.78, 5) is 5.47. The van der Waals surface area contributed by atoms with Crippen molar-refractivity contribution in [1.82, 2.24) is 9.38 Å². The molecular weight excluding hydrogens is 829 g/mol. The quantitative estimate of drug-likeness (QED) is 0.161. The van der Waals surface area contributed by atoms with Crippen LogP contribution >= 0.6 is 11.3 Å². The lowest BCUT2D eigenvalue weighted by Gasteiger charge is -2.31. The third kappa shape index (κ3) is 5.01. The summed E-state index contributed by atoms with van der Waals surface area (Å²) in [5, 5.41) is 6.18. The number of pyridine rings is 1. The third-order valence-electron chi connectivity index (χ3n) is 14.8. The molecule has 0 fully saturated rings. The number of hydrogen-bond acceptors (Lipinski definition) is 2. The maximum absolute atomic E-state index is 5.47. The Bertz CT molecular complexity index is 4170. The summed E-state index contributed by atoms with van der Waals surface area (Å²) < 4.78 is 5.06. The largest absolute Gasteiger partial charge is 0.291 e. The molecule has 3 heteroatoms. The van der Waals surface area contributed by atoms with E-state index in [0.717, 1.165) is 39.1 Å². The van der Waals surface area contributed by atoms with Gasteiger partial charge < -0.3 is 0 Å². The van der Waals surface area contributed by atoms with Gasteiger partial charge in [-0.3, -0.25) is 4.40 Å². The third-order valence-corrected chi connectivity index (χ3v) is 16.0. The van der Waals surface area contributed by atoms with Crippen molar-refractivity contribution in [2.24, 2.45) is 0 Å². The van der Waals surface area contributed by atoms with Gasteiger partial charge in [-0.25, -0.2) is 4.98 Å². The summed E-state index contributed by atoms with van der Waals surface area (Å²) in [7, 11) is 0. The first kappa shape index (κ1) is 36.9. The normalized spacial score (nSPS) is 13.2. The first-order valence-corrected chi connectivity index (χ1v) is 23.9. The summed E-state index contributed by atoms with van der Waals surface area (Å²) in [5.41, 5.74) is 21.5. The Labute approximate surface area is 391 Å². The molecule has 0 atom stereocenters. The Morgan fingerprint density at radius 3 is 1.63 bits per heavy atom. The van der Waals surface area contributed by atoms with Crippen molar-refractivity contribution in [1.29, 1.82) is 0 Å². The maximum Gasteiger partial charge on any atom is 0.146 e. The van der Waals surface area contributed by atoms with Crippen LogP contribution in [0.5, 0.6) is 0 Å². The molecule has 2 aliphatic carbocycles. The topological polar surface area (TPSA) is 17.3 Å². The van der Waals surface area contributed by atoms with Gasteiger partial charge in [0.1, 0.15) is 5.65 Å². The highest BCUT2D eigenvalue weighted by Crippen LogP contribution is 2.63. The fourth-order valence-corrected chi connectivity index (χ4v) is 13.2. The van der Waals surface area contributed by atoms with E-state index in [0.29, 0.717) is 0 Å². The van der Waals surface area contributed by atoms with E-state index in [1.807, 2.05) is 11.3 Å². The molecule has 0 saturated heterocycles. The molecule has 0 saturated carbocycles. The first-order valence-electron chi connectivity index (χ1n) is 23.1. The van der Waals surface area contributed by atoms with Gasteiger partial charge in [0.2, 0.25) is 0 Å². The molecule has 2 aliphatic rings. The lowest BCUT2D eigenvalue weighted by molar-refractivity contribution is 0.794. The minimum absolute atomic E-state index is 0.497. The first-order chi connectivity index (χ1) is 33.2. The van der Waals surface area contributed by atoms with E-state index >= 15 is 0 Å². The number of rotatable bonds is 4. The maximum atomic E-state index is 5.47. The highest BCUT2D eigenvalue weighted by molar-refractivity contribution is 7.26. The summed E-state index contributed by atoms with van der Waals surface area (Å²) in [6.45, 7) is 0. The highest BCUT2D eigenvalue weighted by atomic mass is 32.1. The second-order valence-electron chi connectivity index (χ2n) is 18.1. The summed E-state index contributed by atoms with van der Waals surface area (Å²) in [6, 6.07) is 85.7. The van der Waals surface area contributed by atoms with E-state index in [9.17, 15) is 0 Å². The van der Waals surface area contributed by atoms with Crippen LogP contribution in [0.1, 0.15) is 22.3 Å². The average Bonchev–Trinajstić information content (AvgIpc) is 4.15. The lowest BCUT2D eigenvalue weighted by Crippen LogP contribution is -2.26. The van der Waals surface area contributed by atoms with Crippen molar-refractivity contribution in [2.75, 3.05) is 0 Å². The molecule has 310 valence electrons. The van der Waals surface area contributed by atoms with Gasteiger partial charge in [-0.15, -0.1) is 11.3 Å². The van der Waals surface area contributed by atoms with Gasteiger partial charge in [0.15, 0.2) is 0 Å². The zero-order valence-electron chi connectivity index (χ0n) is 36.2. The molecule has 0 amide bonds. The van der Waals surface area contributed by atoms with E-state index in [2.05, 4.69) is 235 Å². The summed E-state index contributed by atoms with van der Waals surface area (Å²) in [5.74, 6) is 0. The van der Waals surface area contributed by atoms with Crippen LogP contribution in [0.4, 0.5) is 0 Å². The molecule has 13 aromatic rings. The van der Waals surface area contributed by atoms with Crippen molar-refractivity contribution in [3.05, 3.63) is 253 Å². The van der Waals surface area contributed by atoms with Crippen LogP contribution in [-0.2, 0) is 5.41 Å². The number of fused-ring (bicyclic) bond motifs is 19. The zero-order valence-corrected chi connectivity index (χ0v) is 37.1. The van der Waals surface area contributed by atoms with E-state index in [-0.39, 0.29) is 0 Å². The predicted molar refractivity (Wildman–Crippen MR) is 281 cm³/mol. The SMILES string of the molecule is c1ccc(-c2nc3c4ccccc4c4cc(-c5ccc6c(c5)C5(c7ccccc7-c7ccccc75)c5cc(-c7cccc8c7sc7ccccc78)ccc5-6)ccc4n3c2-c2ccccc2)cc1. The van der Waals surface area contributed by atoms with Gasteiger partial charge in [-0.05, 0) is 102 Å². The smallest absolute Gasteiger partial charge is 0.146 e. The van der Waals surface area contributed by atoms with Crippen LogP contribution in [0, 0.1) is 0 Å². The minimum Gasteiger partial charge on any atom is -0.291 e. The predicted octanol–water partition coefficient (Wildman–Crippen LogP) is 17.0. The molecule has 0 aliphatic heterocycles. The molecule has 0 unspecified atom stereocenters. The van der Waals surface area contributed by atoms with Crippen molar-refractivity contribution in [3.8, 4) is 67.0 Å². The van der Waals surface area contributed by atoms with Crippen molar-refractivity contribution >= 4 is 58.8 Å². The number of thiophene rings is 1. The van der Waals surface area contributed by atoms with Gasteiger partial charge in [0.25, 0.3) is 0 Å². The van der Waals surface area contributed by atoms with Gasteiger partial charge in [-0.2, -0.15) is 0 Å². The minimum atomic E-state index is -0.497. The van der Waals surface area contributed by atoms with Gasteiger partial charge in [0, 0.05) is 42.1 Å². The fourth-order valence-electron chi connectivity index (χ4n) is 12.0. The Kier molecular flexibility index (Phi) is 7.62. The Balaban J connectivity index is 0.973. The van der Waals surface area contributed by atoms with Crippen LogP contribution < -0.4 is 0 Å². The molecule has 2 nitrogen and oxygen atoms in total. The molecule has 3 heterocycles. The summed E-state index contributed by atoms with van der Waals surface area (Å²) >= 11 is 1.90. The Hall–Kier alpha value is -8.37. The Morgan fingerprint density at radius 2 is 0.881 bits per heavy atom. The molecule has 0 N–H and O–H groups in total. The molecule has 0 radical (unpaired) electrons. The lowest BCUT2D eigenvalue weighted by atomic mass is 9.70. The number of imidazole rings is 1. The van der Waals surface area contributed by atoms with Crippen LogP contribution in [0.25, 0.3) is 115 Å². The second-order valence-corrected chi connectivity index (χ2v) is 19.2. The van der Waals surface area contributed by atoms with E-state index in [1.54, 1.807) is 0 Å². The van der Waals surface area contributed by atoms with Crippen LogP contribution in [0.15, 0.2) is 231 Å². The second kappa shape index (κ2) is 13.8. The molecule has 15 rings (SSSR count). The van der Waals surface area contributed by atoms with E-state index in [1.165, 1.54) is 97.7 Å². The van der Waals surface area contributed by atoms with Gasteiger partial charge in [-0.1, -0.05) is 200 Å². The number of nitrogens with zero attached hydrogens (tertiary/aromatic N) is 2. The summed E-state index contributed by atoms with van der Waals surface area (Å²) in [6.07, 6.45) is 0. The average molecular weight is 867 g/mol. The van der Waals surface area contributed by atoms with E-state index in [4.69, 9.17) is 4.98 Å². The Morgan fingerprint density at radius 1 is 0.343 bits per heavy atom. The van der Waals surface area contributed by atoms with Crippen molar-refractivity contribution in [2.45, 2.75) is 5.41 Å². The van der Waals surface area contributed by atoms with Crippen LogP contribution in [0.3, 0.4) is 0 Å². The molecule has 0 bridgehead atoms. The molecule has 1 spiro atoms. The van der Waals surface area contributed by atoms with Crippen molar-refractivity contribution in [3.63, 3.8) is 0 Å². The molecular formula is C64H38N2S.